The van der Waals surface area contributed by atoms with Crippen LogP contribution in [0.4, 0.5) is 8.78 Å². The van der Waals surface area contributed by atoms with Crippen LogP contribution in [-0.4, -0.2) is 30.3 Å². The highest BCUT2D eigenvalue weighted by Crippen LogP contribution is 2.40. The molecule has 1 aromatic carbocycles. The number of aliphatic hydroxyl groups is 1. The SMILES string of the molecule is N#CC1(C(=O)N[C@H](c2ccc(F)cc2F)C2CC(O)C2)CCOCC1. The Morgan fingerprint density at radius 3 is 2.60 bits per heavy atom. The number of amides is 1. The first kappa shape index (κ1) is 17.8. The molecule has 0 radical (unpaired) electrons. The Bertz CT molecular complexity index is 692. The van der Waals surface area contributed by atoms with Gasteiger partial charge in [-0.05, 0) is 37.7 Å². The van der Waals surface area contributed by atoms with E-state index in [1.807, 2.05) is 0 Å². The lowest BCUT2D eigenvalue weighted by atomic mass is 9.74. The lowest BCUT2D eigenvalue weighted by Gasteiger charge is -2.40. The second-order valence-corrected chi connectivity index (χ2v) is 6.81. The molecule has 0 unspecified atom stereocenters. The van der Waals surface area contributed by atoms with Gasteiger partial charge in [-0.1, -0.05) is 6.07 Å². The summed E-state index contributed by atoms with van der Waals surface area (Å²) in [6.45, 7) is 0.636. The predicted molar refractivity (Wildman–Crippen MR) is 84.1 cm³/mol. The Labute approximate surface area is 144 Å². The Morgan fingerprint density at radius 2 is 2.04 bits per heavy atom. The molecule has 2 N–H and O–H groups in total. The molecule has 25 heavy (non-hydrogen) atoms. The summed E-state index contributed by atoms with van der Waals surface area (Å²) in [5.41, 5.74) is -1.03. The van der Waals surface area contributed by atoms with Crippen LogP contribution in [0.1, 0.15) is 37.3 Å². The lowest BCUT2D eigenvalue weighted by molar-refractivity contribution is -0.134. The fourth-order valence-corrected chi connectivity index (χ4v) is 3.49. The van der Waals surface area contributed by atoms with Crippen LogP contribution in [0.25, 0.3) is 0 Å². The van der Waals surface area contributed by atoms with Crippen molar-refractivity contribution in [1.29, 1.82) is 5.26 Å². The van der Waals surface area contributed by atoms with E-state index in [1.54, 1.807) is 0 Å². The molecule has 0 spiro atoms. The fourth-order valence-electron chi connectivity index (χ4n) is 3.49. The van der Waals surface area contributed by atoms with Gasteiger partial charge in [-0.2, -0.15) is 5.26 Å². The van der Waals surface area contributed by atoms with Crippen molar-refractivity contribution in [3.63, 3.8) is 0 Å². The first-order valence-corrected chi connectivity index (χ1v) is 8.38. The Morgan fingerprint density at radius 1 is 1.36 bits per heavy atom. The molecule has 1 aromatic rings. The Hall–Kier alpha value is -2.04. The summed E-state index contributed by atoms with van der Waals surface area (Å²) in [5.74, 6) is -2.06. The number of rotatable bonds is 4. The van der Waals surface area contributed by atoms with Crippen LogP contribution in [0.2, 0.25) is 0 Å². The molecule has 0 aromatic heterocycles. The molecule has 1 amide bonds. The summed E-state index contributed by atoms with van der Waals surface area (Å²) >= 11 is 0. The van der Waals surface area contributed by atoms with Crippen LogP contribution >= 0.6 is 0 Å². The highest BCUT2D eigenvalue weighted by atomic mass is 19.1. The van der Waals surface area contributed by atoms with Crippen LogP contribution in [0.3, 0.4) is 0 Å². The van der Waals surface area contributed by atoms with Crippen molar-refractivity contribution in [1.82, 2.24) is 5.32 Å². The average Bonchev–Trinajstić information content (AvgIpc) is 2.58. The van der Waals surface area contributed by atoms with Crippen molar-refractivity contribution in [2.24, 2.45) is 11.3 Å². The van der Waals surface area contributed by atoms with E-state index in [9.17, 15) is 23.9 Å². The van der Waals surface area contributed by atoms with E-state index in [2.05, 4.69) is 11.4 Å². The molecule has 1 heterocycles. The second-order valence-electron chi connectivity index (χ2n) is 6.81. The quantitative estimate of drug-likeness (QED) is 0.872. The number of benzene rings is 1. The normalized spacial score (nSPS) is 26.2. The molecule has 1 aliphatic carbocycles. The van der Waals surface area contributed by atoms with E-state index in [1.165, 1.54) is 6.07 Å². The lowest BCUT2D eigenvalue weighted by Crippen LogP contribution is -2.48. The molecule has 2 aliphatic rings. The number of nitrogens with one attached hydrogen (secondary N) is 1. The van der Waals surface area contributed by atoms with Gasteiger partial charge < -0.3 is 15.2 Å². The number of aliphatic hydroxyl groups excluding tert-OH is 1. The molecule has 3 rings (SSSR count). The van der Waals surface area contributed by atoms with E-state index in [-0.39, 0.29) is 24.3 Å². The van der Waals surface area contributed by atoms with Crippen LogP contribution in [0.15, 0.2) is 18.2 Å². The maximum Gasteiger partial charge on any atom is 0.241 e. The fraction of sp³-hybridized carbons (Fsp3) is 0.556. The number of hydrogen-bond donors (Lipinski definition) is 2. The van der Waals surface area contributed by atoms with Gasteiger partial charge in [-0.15, -0.1) is 0 Å². The zero-order valence-corrected chi connectivity index (χ0v) is 13.7. The molecular formula is C18H20F2N2O3. The van der Waals surface area contributed by atoms with E-state index in [4.69, 9.17) is 4.74 Å². The molecule has 2 fully saturated rings. The van der Waals surface area contributed by atoms with Crippen molar-refractivity contribution in [3.05, 3.63) is 35.4 Å². The van der Waals surface area contributed by atoms with Crippen molar-refractivity contribution >= 4 is 5.91 Å². The van der Waals surface area contributed by atoms with Crippen LogP contribution < -0.4 is 5.32 Å². The molecule has 1 aliphatic heterocycles. The number of halogens is 2. The third kappa shape index (κ3) is 3.51. The monoisotopic (exact) mass is 350 g/mol. The van der Waals surface area contributed by atoms with Gasteiger partial charge in [0.25, 0.3) is 0 Å². The van der Waals surface area contributed by atoms with Crippen molar-refractivity contribution in [3.8, 4) is 6.07 Å². The van der Waals surface area contributed by atoms with E-state index < -0.39 is 35.1 Å². The van der Waals surface area contributed by atoms with E-state index in [0.29, 0.717) is 26.1 Å². The van der Waals surface area contributed by atoms with Gasteiger partial charge in [0.15, 0.2) is 0 Å². The average molecular weight is 350 g/mol. The maximum absolute atomic E-state index is 14.2. The Balaban J connectivity index is 1.85. The number of nitriles is 1. The second kappa shape index (κ2) is 7.06. The summed E-state index contributed by atoms with van der Waals surface area (Å²) in [4.78, 5) is 12.8. The van der Waals surface area contributed by atoms with Gasteiger partial charge in [0.1, 0.15) is 17.0 Å². The molecule has 1 saturated heterocycles. The minimum absolute atomic E-state index is 0.158. The van der Waals surface area contributed by atoms with Crippen molar-refractivity contribution in [2.45, 2.75) is 37.8 Å². The van der Waals surface area contributed by atoms with Gasteiger partial charge in [-0.3, -0.25) is 4.79 Å². The zero-order valence-electron chi connectivity index (χ0n) is 13.7. The van der Waals surface area contributed by atoms with Gasteiger partial charge in [0.2, 0.25) is 5.91 Å². The van der Waals surface area contributed by atoms with Crippen LogP contribution in [0.5, 0.6) is 0 Å². The predicted octanol–water partition coefficient (Wildman–Crippen LogP) is 2.21. The molecule has 1 saturated carbocycles. The topological polar surface area (TPSA) is 82.4 Å². The standard InChI is InChI=1S/C18H20F2N2O3/c19-12-1-2-14(15(20)9-12)16(11-7-13(23)8-11)22-17(24)18(10-21)3-5-25-6-4-18/h1-2,9,11,13,16,23H,3-8H2,(H,22,24)/t11?,13?,16-/m0/s1. The summed E-state index contributed by atoms with van der Waals surface area (Å²) in [6.07, 6.45) is 0.915. The summed E-state index contributed by atoms with van der Waals surface area (Å²) in [7, 11) is 0. The number of nitrogens with zero attached hydrogens (tertiary/aromatic N) is 1. The minimum Gasteiger partial charge on any atom is -0.393 e. The summed E-state index contributed by atoms with van der Waals surface area (Å²) < 4.78 is 32.7. The van der Waals surface area contributed by atoms with Crippen molar-refractivity contribution in [2.75, 3.05) is 13.2 Å². The smallest absolute Gasteiger partial charge is 0.241 e. The number of carbonyl (C=O) groups excluding carboxylic acids is 1. The maximum atomic E-state index is 14.2. The minimum atomic E-state index is -1.20. The first-order valence-electron chi connectivity index (χ1n) is 8.38. The van der Waals surface area contributed by atoms with Gasteiger partial charge in [0, 0.05) is 24.8 Å². The number of ether oxygens (including phenoxy) is 1. The summed E-state index contributed by atoms with van der Waals surface area (Å²) in [6, 6.07) is 4.61. The van der Waals surface area contributed by atoms with Gasteiger partial charge >= 0.3 is 0 Å². The molecule has 1 atom stereocenters. The highest BCUT2D eigenvalue weighted by Gasteiger charge is 2.44. The van der Waals surface area contributed by atoms with Crippen LogP contribution in [0, 0.1) is 34.3 Å². The largest absolute Gasteiger partial charge is 0.393 e. The number of carbonyl (C=O) groups is 1. The van der Waals surface area contributed by atoms with Gasteiger partial charge in [-0.25, -0.2) is 8.78 Å². The molecule has 5 nitrogen and oxygen atoms in total. The first-order chi connectivity index (χ1) is 11.9. The third-order valence-corrected chi connectivity index (χ3v) is 5.20. The molecule has 134 valence electrons. The highest BCUT2D eigenvalue weighted by molar-refractivity contribution is 5.86. The zero-order chi connectivity index (χ0) is 18.0. The van der Waals surface area contributed by atoms with Crippen molar-refractivity contribution < 1.29 is 23.4 Å². The molecular weight excluding hydrogens is 330 g/mol. The third-order valence-electron chi connectivity index (χ3n) is 5.20. The number of hydrogen-bond acceptors (Lipinski definition) is 4. The van der Waals surface area contributed by atoms with E-state index >= 15 is 0 Å². The van der Waals surface area contributed by atoms with Gasteiger partial charge in [0.05, 0.1) is 18.2 Å². The van der Waals surface area contributed by atoms with E-state index in [0.717, 1.165) is 12.1 Å². The molecule has 0 bridgehead atoms. The molecule has 7 heteroatoms. The summed E-state index contributed by atoms with van der Waals surface area (Å²) in [5, 5.41) is 21.9. The van der Waals surface area contributed by atoms with Crippen LogP contribution in [-0.2, 0) is 9.53 Å². The Kier molecular flexibility index (Phi) is 5.02.